The standard InChI is InChI=1S/C12H16Br2N2/c1-8-4-3-5-16(9(8)2)12-11(14)6-10(13)7-15-12/h6-9H,3-5H2,1-2H3. The molecule has 0 aliphatic carbocycles. The number of halogens is 2. The van der Waals surface area contributed by atoms with Gasteiger partial charge in [0.1, 0.15) is 5.82 Å². The van der Waals surface area contributed by atoms with Crippen LogP contribution in [0, 0.1) is 5.92 Å². The third-order valence-electron chi connectivity index (χ3n) is 3.43. The van der Waals surface area contributed by atoms with Crippen LogP contribution in [0.25, 0.3) is 0 Å². The summed E-state index contributed by atoms with van der Waals surface area (Å²) >= 11 is 7.03. The molecular weight excluding hydrogens is 332 g/mol. The van der Waals surface area contributed by atoms with E-state index in [-0.39, 0.29) is 0 Å². The fraction of sp³-hybridized carbons (Fsp3) is 0.583. The third kappa shape index (κ3) is 2.43. The Hall–Kier alpha value is -0.0900. The van der Waals surface area contributed by atoms with Crippen molar-refractivity contribution in [2.75, 3.05) is 11.4 Å². The van der Waals surface area contributed by atoms with Crippen LogP contribution < -0.4 is 4.90 Å². The first-order chi connectivity index (χ1) is 7.59. The van der Waals surface area contributed by atoms with Gasteiger partial charge in [0.05, 0.1) is 4.47 Å². The fourth-order valence-electron chi connectivity index (χ4n) is 2.25. The highest BCUT2D eigenvalue weighted by Gasteiger charge is 2.26. The molecule has 2 atom stereocenters. The van der Waals surface area contributed by atoms with Gasteiger partial charge in [-0.15, -0.1) is 0 Å². The summed E-state index contributed by atoms with van der Waals surface area (Å²) in [4.78, 5) is 6.93. The van der Waals surface area contributed by atoms with E-state index in [1.807, 2.05) is 6.20 Å². The van der Waals surface area contributed by atoms with Gasteiger partial charge in [-0.25, -0.2) is 4.98 Å². The van der Waals surface area contributed by atoms with Crippen LogP contribution in [0.2, 0.25) is 0 Å². The Balaban J connectivity index is 2.29. The van der Waals surface area contributed by atoms with E-state index in [2.05, 4.69) is 61.7 Å². The van der Waals surface area contributed by atoms with Gasteiger partial charge in [0.25, 0.3) is 0 Å². The van der Waals surface area contributed by atoms with E-state index < -0.39 is 0 Å². The summed E-state index contributed by atoms with van der Waals surface area (Å²) in [5, 5.41) is 0. The molecule has 0 spiro atoms. The van der Waals surface area contributed by atoms with Crippen LogP contribution in [0.3, 0.4) is 0 Å². The Morgan fingerprint density at radius 3 is 2.81 bits per heavy atom. The molecule has 2 heterocycles. The van der Waals surface area contributed by atoms with Crippen LogP contribution in [-0.2, 0) is 0 Å². The Labute approximate surface area is 114 Å². The molecular formula is C12H16Br2N2. The van der Waals surface area contributed by atoms with Crippen LogP contribution >= 0.6 is 31.9 Å². The zero-order valence-electron chi connectivity index (χ0n) is 9.58. The number of rotatable bonds is 1. The molecule has 1 aromatic heterocycles. The SMILES string of the molecule is CC1CCCN(c2ncc(Br)cc2Br)C1C. The van der Waals surface area contributed by atoms with Crippen molar-refractivity contribution >= 4 is 37.7 Å². The van der Waals surface area contributed by atoms with E-state index in [0.717, 1.165) is 27.2 Å². The van der Waals surface area contributed by atoms with Crippen molar-refractivity contribution < 1.29 is 0 Å². The molecule has 1 aromatic rings. The van der Waals surface area contributed by atoms with Crippen LogP contribution in [-0.4, -0.2) is 17.6 Å². The number of nitrogens with zero attached hydrogens (tertiary/aromatic N) is 2. The van der Waals surface area contributed by atoms with Gasteiger partial charge in [-0.2, -0.15) is 0 Å². The summed E-state index contributed by atoms with van der Waals surface area (Å²) in [6.45, 7) is 5.72. The molecule has 1 saturated heterocycles. The first-order valence-corrected chi connectivity index (χ1v) is 7.26. The lowest BCUT2D eigenvalue weighted by Crippen LogP contribution is -2.43. The summed E-state index contributed by atoms with van der Waals surface area (Å²) < 4.78 is 2.09. The van der Waals surface area contributed by atoms with Gasteiger partial charge >= 0.3 is 0 Å². The van der Waals surface area contributed by atoms with Crippen molar-refractivity contribution in [1.29, 1.82) is 0 Å². The van der Waals surface area contributed by atoms with Gasteiger partial charge < -0.3 is 4.90 Å². The maximum atomic E-state index is 4.52. The van der Waals surface area contributed by atoms with E-state index in [9.17, 15) is 0 Å². The largest absolute Gasteiger partial charge is 0.353 e. The smallest absolute Gasteiger partial charge is 0.143 e. The summed E-state index contributed by atoms with van der Waals surface area (Å²) in [6.07, 6.45) is 4.45. The van der Waals surface area contributed by atoms with Gasteiger partial charge in [-0.3, -0.25) is 0 Å². The molecule has 2 rings (SSSR count). The molecule has 0 aromatic carbocycles. The number of hydrogen-bond acceptors (Lipinski definition) is 2. The van der Waals surface area contributed by atoms with E-state index in [1.54, 1.807) is 0 Å². The van der Waals surface area contributed by atoms with Gasteiger partial charge in [0, 0.05) is 23.3 Å². The molecule has 0 radical (unpaired) electrons. The number of piperidine rings is 1. The van der Waals surface area contributed by atoms with Crippen molar-refractivity contribution in [2.24, 2.45) is 5.92 Å². The van der Waals surface area contributed by atoms with Crippen molar-refractivity contribution in [3.63, 3.8) is 0 Å². The van der Waals surface area contributed by atoms with E-state index in [0.29, 0.717) is 6.04 Å². The molecule has 0 bridgehead atoms. The van der Waals surface area contributed by atoms with Gasteiger partial charge in [0.2, 0.25) is 0 Å². The molecule has 1 aliphatic rings. The number of hydrogen-bond donors (Lipinski definition) is 0. The van der Waals surface area contributed by atoms with E-state index in [4.69, 9.17) is 0 Å². The van der Waals surface area contributed by atoms with Crippen molar-refractivity contribution in [3.8, 4) is 0 Å². The lowest BCUT2D eigenvalue weighted by molar-refractivity contribution is 0.361. The maximum Gasteiger partial charge on any atom is 0.143 e. The summed E-state index contributed by atoms with van der Waals surface area (Å²) in [5.41, 5.74) is 0. The molecule has 2 unspecified atom stereocenters. The molecule has 16 heavy (non-hydrogen) atoms. The zero-order chi connectivity index (χ0) is 11.7. The Morgan fingerprint density at radius 2 is 2.12 bits per heavy atom. The average Bonchev–Trinajstić information content (AvgIpc) is 2.23. The van der Waals surface area contributed by atoms with Gasteiger partial charge in [-0.1, -0.05) is 6.92 Å². The third-order valence-corrected chi connectivity index (χ3v) is 4.45. The Bertz CT molecular complexity index is 381. The van der Waals surface area contributed by atoms with Gasteiger partial charge in [0.15, 0.2) is 0 Å². The predicted octanol–water partition coefficient (Wildman–Crippen LogP) is 4.23. The van der Waals surface area contributed by atoms with Crippen LogP contribution in [0.4, 0.5) is 5.82 Å². The van der Waals surface area contributed by atoms with Crippen molar-refractivity contribution in [1.82, 2.24) is 4.98 Å². The van der Waals surface area contributed by atoms with Crippen molar-refractivity contribution in [2.45, 2.75) is 32.7 Å². The zero-order valence-corrected chi connectivity index (χ0v) is 12.8. The minimum absolute atomic E-state index is 0.568. The monoisotopic (exact) mass is 346 g/mol. The molecule has 0 amide bonds. The minimum atomic E-state index is 0.568. The first-order valence-electron chi connectivity index (χ1n) is 5.67. The highest BCUT2D eigenvalue weighted by Crippen LogP contribution is 2.32. The predicted molar refractivity (Wildman–Crippen MR) is 74.8 cm³/mol. The molecule has 2 nitrogen and oxygen atoms in total. The van der Waals surface area contributed by atoms with Crippen molar-refractivity contribution in [3.05, 3.63) is 21.2 Å². The number of pyridine rings is 1. The van der Waals surface area contributed by atoms with Crippen LogP contribution in [0.5, 0.6) is 0 Å². The first kappa shape index (κ1) is 12.4. The lowest BCUT2D eigenvalue weighted by atomic mass is 9.92. The Morgan fingerprint density at radius 1 is 1.38 bits per heavy atom. The summed E-state index contributed by atoms with van der Waals surface area (Å²) in [5.74, 6) is 1.81. The summed E-state index contributed by atoms with van der Waals surface area (Å²) in [7, 11) is 0. The lowest BCUT2D eigenvalue weighted by Gasteiger charge is -2.39. The fourth-order valence-corrected chi connectivity index (χ4v) is 3.47. The summed E-state index contributed by atoms with van der Waals surface area (Å²) in [6, 6.07) is 2.63. The molecule has 88 valence electrons. The second-order valence-electron chi connectivity index (χ2n) is 4.51. The van der Waals surface area contributed by atoms with Crippen LogP contribution in [0.1, 0.15) is 26.7 Å². The second kappa shape index (κ2) is 5.05. The minimum Gasteiger partial charge on any atom is -0.353 e. The maximum absolute atomic E-state index is 4.52. The average molecular weight is 348 g/mol. The highest BCUT2D eigenvalue weighted by molar-refractivity contribution is 9.11. The highest BCUT2D eigenvalue weighted by atomic mass is 79.9. The quantitative estimate of drug-likeness (QED) is 0.755. The van der Waals surface area contributed by atoms with Gasteiger partial charge in [-0.05, 0) is 63.6 Å². The molecule has 0 saturated carbocycles. The molecule has 1 aliphatic heterocycles. The molecule has 4 heteroatoms. The topological polar surface area (TPSA) is 16.1 Å². The molecule has 0 N–H and O–H groups in total. The van der Waals surface area contributed by atoms with E-state index in [1.165, 1.54) is 12.8 Å². The van der Waals surface area contributed by atoms with Crippen LogP contribution in [0.15, 0.2) is 21.2 Å². The number of aromatic nitrogens is 1. The molecule has 1 fully saturated rings. The second-order valence-corrected chi connectivity index (χ2v) is 6.28. The number of anilines is 1. The Kier molecular flexibility index (Phi) is 3.90. The normalized spacial score (nSPS) is 25.9. The van der Waals surface area contributed by atoms with E-state index >= 15 is 0 Å².